The van der Waals surface area contributed by atoms with Gasteiger partial charge in [0, 0.05) is 12.0 Å². The molecule has 0 saturated heterocycles. The third kappa shape index (κ3) is 6.09. The zero-order valence-electron chi connectivity index (χ0n) is 17.2. The Morgan fingerprint density at radius 1 is 0.906 bits per heavy atom. The van der Waals surface area contributed by atoms with Gasteiger partial charge in [0.05, 0.1) is 15.6 Å². The Bertz CT molecular complexity index is 1220. The van der Waals surface area contributed by atoms with Crippen molar-refractivity contribution in [3.05, 3.63) is 95.0 Å². The van der Waals surface area contributed by atoms with Crippen molar-refractivity contribution in [2.45, 2.75) is 24.2 Å². The van der Waals surface area contributed by atoms with Crippen LogP contribution in [0.1, 0.15) is 35.2 Å². The molecule has 0 aliphatic rings. The Labute approximate surface area is 191 Å². The van der Waals surface area contributed by atoms with Crippen LogP contribution in [0.25, 0.3) is 0 Å². The second kappa shape index (κ2) is 10.3. The first-order valence-electron chi connectivity index (χ1n) is 9.78. The summed E-state index contributed by atoms with van der Waals surface area (Å²) in [6.07, 6.45) is 0.181. The van der Waals surface area contributed by atoms with Gasteiger partial charge in [0.25, 0.3) is 15.9 Å². The Hall–Kier alpha value is -3.36. The number of hydrazine groups is 1. The lowest BCUT2D eigenvalue weighted by Gasteiger charge is -2.13. The third-order valence-corrected chi connectivity index (χ3v) is 6.39. The van der Waals surface area contributed by atoms with Gasteiger partial charge in [0.1, 0.15) is 0 Å². The van der Waals surface area contributed by atoms with Gasteiger partial charge in [0.2, 0.25) is 5.91 Å². The van der Waals surface area contributed by atoms with Crippen molar-refractivity contribution in [1.29, 1.82) is 0 Å². The van der Waals surface area contributed by atoms with Crippen molar-refractivity contribution in [2.75, 3.05) is 4.72 Å². The van der Waals surface area contributed by atoms with E-state index in [4.69, 9.17) is 11.6 Å². The number of sulfonamides is 1. The molecule has 3 rings (SSSR count). The highest BCUT2D eigenvalue weighted by molar-refractivity contribution is 7.92. The fourth-order valence-electron chi connectivity index (χ4n) is 2.98. The minimum absolute atomic E-state index is 0.0301. The van der Waals surface area contributed by atoms with Crippen molar-refractivity contribution in [3.8, 4) is 0 Å². The van der Waals surface area contributed by atoms with Crippen molar-refractivity contribution >= 4 is 39.1 Å². The van der Waals surface area contributed by atoms with Gasteiger partial charge in [-0.15, -0.1) is 0 Å². The first kappa shape index (κ1) is 23.3. The summed E-state index contributed by atoms with van der Waals surface area (Å²) in [6.45, 7) is 1.91. The van der Waals surface area contributed by atoms with Gasteiger partial charge >= 0.3 is 0 Å². The molecule has 7 nitrogen and oxygen atoms in total. The van der Waals surface area contributed by atoms with Crippen molar-refractivity contribution in [1.82, 2.24) is 10.9 Å². The number of hydrogen-bond donors (Lipinski definition) is 3. The molecule has 0 bridgehead atoms. The Balaban J connectivity index is 1.62. The van der Waals surface area contributed by atoms with Crippen LogP contribution in [-0.2, 0) is 14.8 Å². The topological polar surface area (TPSA) is 104 Å². The molecule has 3 aromatic carbocycles. The van der Waals surface area contributed by atoms with E-state index in [1.807, 2.05) is 37.3 Å². The van der Waals surface area contributed by atoms with Crippen LogP contribution in [0.5, 0.6) is 0 Å². The van der Waals surface area contributed by atoms with Crippen LogP contribution < -0.4 is 15.6 Å². The predicted octanol–water partition coefficient (Wildman–Crippen LogP) is 4.10. The molecule has 0 aliphatic heterocycles. The van der Waals surface area contributed by atoms with Crippen LogP contribution in [0.4, 0.5) is 5.69 Å². The summed E-state index contributed by atoms with van der Waals surface area (Å²) in [5.74, 6) is -1.03. The van der Waals surface area contributed by atoms with Crippen LogP contribution in [0, 0.1) is 0 Å². The molecule has 0 unspecified atom stereocenters. The minimum Gasteiger partial charge on any atom is -0.278 e. The monoisotopic (exact) mass is 471 g/mol. The number of carbonyl (C=O) groups excluding carboxylic acids is 2. The minimum atomic E-state index is -3.97. The van der Waals surface area contributed by atoms with Gasteiger partial charge in [-0.25, -0.2) is 8.42 Å². The summed E-state index contributed by atoms with van der Waals surface area (Å²) in [7, 11) is -3.97. The number of rotatable bonds is 7. The van der Waals surface area contributed by atoms with Crippen molar-refractivity contribution in [2.24, 2.45) is 0 Å². The smallest absolute Gasteiger partial charge is 0.269 e. The zero-order chi connectivity index (χ0) is 23.1. The van der Waals surface area contributed by atoms with Crippen LogP contribution in [0.15, 0.2) is 83.8 Å². The standard InChI is InChI=1S/C23H22ClN3O4S/c1-16(17-8-3-2-4-9-17)14-22(28)25-26-23(29)18-10-7-11-19(15-18)32(30,31)27-21-13-6-5-12-20(21)24/h2-13,15-16,27H,14H2,1H3,(H,25,28)(H,26,29)/t16-/m0/s1. The Morgan fingerprint density at radius 3 is 2.31 bits per heavy atom. The van der Waals surface area contributed by atoms with Gasteiger partial charge in [-0.3, -0.25) is 25.2 Å². The molecule has 2 amide bonds. The number of hydrogen-bond acceptors (Lipinski definition) is 4. The SMILES string of the molecule is C[C@@H](CC(=O)NNC(=O)c1cccc(S(=O)(=O)Nc2ccccc2Cl)c1)c1ccccc1. The lowest BCUT2D eigenvalue weighted by Crippen LogP contribution is -2.42. The van der Waals surface area contributed by atoms with Crippen LogP contribution in [0.2, 0.25) is 5.02 Å². The second-order valence-electron chi connectivity index (χ2n) is 7.13. The highest BCUT2D eigenvalue weighted by Crippen LogP contribution is 2.24. The van der Waals surface area contributed by atoms with Gasteiger partial charge < -0.3 is 0 Å². The van der Waals surface area contributed by atoms with E-state index in [9.17, 15) is 18.0 Å². The molecule has 1 atom stereocenters. The van der Waals surface area contributed by atoms with Crippen LogP contribution in [-0.4, -0.2) is 20.2 Å². The van der Waals surface area contributed by atoms with E-state index < -0.39 is 15.9 Å². The van der Waals surface area contributed by atoms with Gasteiger partial charge in [0.15, 0.2) is 0 Å². The summed E-state index contributed by atoms with van der Waals surface area (Å²) in [4.78, 5) is 24.5. The largest absolute Gasteiger partial charge is 0.278 e. The van der Waals surface area contributed by atoms with E-state index >= 15 is 0 Å². The molecule has 166 valence electrons. The average molecular weight is 472 g/mol. The molecule has 32 heavy (non-hydrogen) atoms. The molecule has 0 radical (unpaired) electrons. The first-order chi connectivity index (χ1) is 15.3. The van der Waals surface area contributed by atoms with Gasteiger partial charge in [-0.2, -0.15) is 0 Å². The number of para-hydroxylation sites is 1. The highest BCUT2D eigenvalue weighted by atomic mass is 35.5. The maximum absolute atomic E-state index is 12.7. The molecular formula is C23H22ClN3O4S. The molecule has 0 saturated carbocycles. The summed E-state index contributed by atoms with van der Waals surface area (Å²) in [6, 6.07) is 21.4. The molecular weight excluding hydrogens is 450 g/mol. The van der Waals surface area contributed by atoms with E-state index in [1.54, 1.807) is 18.2 Å². The number of nitrogens with one attached hydrogen (secondary N) is 3. The van der Waals surface area contributed by atoms with E-state index in [2.05, 4.69) is 15.6 Å². The van der Waals surface area contributed by atoms with Crippen molar-refractivity contribution in [3.63, 3.8) is 0 Å². The fourth-order valence-corrected chi connectivity index (χ4v) is 4.34. The number of carbonyl (C=O) groups is 2. The molecule has 0 fully saturated rings. The van der Waals surface area contributed by atoms with Gasteiger partial charge in [-0.1, -0.05) is 67.1 Å². The maximum atomic E-state index is 12.7. The Kier molecular flexibility index (Phi) is 7.50. The second-order valence-corrected chi connectivity index (χ2v) is 9.22. The molecule has 0 spiro atoms. The van der Waals surface area contributed by atoms with E-state index in [0.29, 0.717) is 0 Å². The average Bonchev–Trinajstić information content (AvgIpc) is 2.79. The molecule has 0 aromatic heterocycles. The number of anilines is 1. The lowest BCUT2D eigenvalue weighted by atomic mass is 9.98. The number of halogens is 1. The summed E-state index contributed by atoms with van der Waals surface area (Å²) >= 11 is 6.01. The zero-order valence-corrected chi connectivity index (χ0v) is 18.8. The van der Waals surface area contributed by atoms with E-state index in [0.717, 1.165) is 5.56 Å². The lowest BCUT2D eigenvalue weighted by molar-refractivity contribution is -0.122. The quantitative estimate of drug-likeness (QED) is 0.451. The maximum Gasteiger partial charge on any atom is 0.269 e. The summed E-state index contributed by atoms with van der Waals surface area (Å²) in [5, 5.41) is 0.248. The molecule has 0 aliphatic carbocycles. The fraction of sp³-hybridized carbons (Fsp3) is 0.130. The Morgan fingerprint density at radius 2 is 1.59 bits per heavy atom. The molecule has 9 heteroatoms. The van der Waals surface area contributed by atoms with Crippen molar-refractivity contribution < 1.29 is 18.0 Å². The summed E-state index contributed by atoms with van der Waals surface area (Å²) < 4.78 is 27.8. The van der Waals surface area contributed by atoms with Crippen LogP contribution >= 0.6 is 11.6 Å². The van der Waals surface area contributed by atoms with Gasteiger partial charge in [-0.05, 0) is 41.8 Å². The summed E-state index contributed by atoms with van der Waals surface area (Å²) in [5.41, 5.74) is 5.99. The third-order valence-electron chi connectivity index (χ3n) is 4.70. The number of amides is 2. The first-order valence-corrected chi connectivity index (χ1v) is 11.6. The number of benzene rings is 3. The molecule has 3 N–H and O–H groups in total. The van der Waals surface area contributed by atoms with E-state index in [1.165, 1.54) is 30.3 Å². The predicted molar refractivity (Wildman–Crippen MR) is 124 cm³/mol. The van der Waals surface area contributed by atoms with E-state index in [-0.39, 0.29) is 39.4 Å². The molecule has 0 heterocycles. The highest BCUT2D eigenvalue weighted by Gasteiger charge is 2.18. The van der Waals surface area contributed by atoms with Crippen LogP contribution in [0.3, 0.4) is 0 Å². The molecule has 3 aromatic rings. The normalized spacial score (nSPS) is 11.9.